The van der Waals surface area contributed by atoms with Gasteiger partial charge >= 0.3 is 0 Å². The van der Waals surface area contributed by atoms with Crippen molar-refractivity contribution in [2.45, 2.75) is 6.61 Å². The fourth-order valence-electron chi connectivity index (χ4n) is 2.11. The number of rotatable bonds is 6. The molecule has 0 spiro atoms. The van der Waals surface area contributed by atoms with Crippen molar-refractivity contribution in [3.05, 3.63) is 82.0 Å². The summed E-state index contributed by atoms with van der Waals surface area (Å²) in [6.45, 7) is 0.314. The van der Waals surface area contributed by atoms with E-state index in [0.717, 1.165) is 10.4 Å². The lowest BCUT2D eigenvalue weighted by Gasteiger charge is -2.06. The van der Waals surface area contributed by atoms with Gasteiger partial charge in [0.1, 0.15) is 0 Å². The number of carbonyl (C=O) groups is 1. The van der Waals surface area contributed by atoms with E-state index in [4.69, 9.17) is 10.6 Å². The summed E-state index contributed by atoms with van der Waals surface area (Å²) < 4.78 is 0. The average Bonchev–Trinajstić information content (AvgIpc) is 3.11. The largest absolute Gasteiger partial charge is 0.397 e. The zero-order valence-corrected chi connectivity index (χ0v) is 14.2. The molecule has 1 amide bonds. The fraction of sp³-hybridized carbons (Fsp3) is 0.0526. The van der Waals surface area contributed by atoms with Gasteiger partial charge in [-0.3, -0.25) is 4.79 Å². The summed E-state index contributed by atoms with van der Waals surface area (Å²) in [5.41, 5.74) is 7.94. The molecule has 0 aliphatic heterocycles. The number of nitrogens with two attached hydrogens (primary N) is 1. The number of benzene rings is 2. The first-order chi connectivity index (χ1) is 12.2. The van der Waals surface area contributed by atoms with Crippen molar-refractivity contribution >= 4 is 34.8 Å². The van der Waals surface area contributed by atoms with E-state index in [1.54, 1.807) is 24.4 Å². The first-order valence-electron chi connectivity index (χ1n) is 7.67. The second-order valence-corrected chi connectivity index (χ2v) is 6.39. The number of anilines is 2. The first kappa shape index (κ1) is 16.7. The van der Waals surface area contributed by atoms with Crippen molar-refractivity contribution < 1.29 is 9.63 Å². The van der Waals surface area contributed by atoms with Gasteiger partial charge in [-0.15, -0.1) is 11.3 Å². The average molecular weight is 351 g/mol. The highest BCUT2D eigenvalue weighted by molar-refractivity contribution is 7.14. The van der Waals surface area contributed by atoms with Crippen LogP contribution in [0.25, 0.3) is 0 Å². The number of para-hydroxylation sites is 2. The normalized spacial score (nSPS) is 10.7. The predicted octanol–water partition coefficient (Wildman–Crippen LogP) is 4.13. The molecule has 0 aliphatic carbocycles. The van der Waals surface area contributed by atoms with Gasteiger partial charge in [0.25, 0.3) is 5.91 Å². The lowest BCUT2D eigenvalue weighted by Crippen LogP contribution is -2.11. The molecule has 1 heterocycles. The SMILES string of the molecule is Nc1ccccc1NC(=O)c1ccc(CON=Cc2ccccc2)s1. The molecular formula is C19H17N3O2S. The molecule has 0 saturated heterocycles. The van der Waals surface area contributed by atoms with Crippen LogP contribution >= 0.6 is 11.3 Å². The molecular weight excluding hydrogens is 334 g/mol. The van der Waals surface area contributed by atoms with Crippen LogP contribution in [0.2, 0.25) is 0 Å². The van der Waals surface area contributed by atoms with Crippen LogP contribution in [0.4, 0.5) is 11.4 Å². The summed E-state index contributed by atoms with van der Waals surface area (Å²) in [7, 11) is 0. The molecule has 25 heavy (non-hydrogen) atoms. The Morgan fingerprint density at radius 3 is 2.64 bits per heavy atom. The minimum atomic E-state index is -0.193. The van der Waals surface area contributed by atoms with Gasteiger partial charge < -0.3 is 15.9 Å². The number of nitrogens with one attached hydrogen (secondary N) is 1. The van der Waals surface area contributed by atoms with E-state index in [9.17, 15) is 4.79 Å². The molecule has 3 rings (SSSR count). The lowest BCUT2D eigenvalue weighted by atomic mass is 10.2. The molecule has 1 aromatic heterocycles. The zero-order chi connectivity index (χ0) is 17.5. The monoisotopic (exact) mass is 351 g/mol. The summed E-state index contributed by atoms with van der Waals surface area (Å²) in [6, 6.07) is 20.5. The van der Waals surface area contributed by atoms with Gasteiger partial charge in [-0.25, -0.2) is 0 Å². The molecule has 0 aliphatic rings. The summed E-state index contributed by atoms with van der Waals surface area (Å²) in [5.74, 6) is -0.193. The third-order valence-corrected chi connectivity index (χ3v) is 4.43. The molecule has 5 nitrogen and oxygen atoms in total. The Morgan fingerprint density at radius 2 is 1.84 bits per heavy atom. The number of nitrogens with zero attached hydrogens (tertiary/aromatic N) is 1. The number of thiophene rings is 1. The van der Waals surface area contributed by atoms with Crippen LogP contribution < -0.4 is 11.1 Å². The van der Waals surface area contributed by atoms with Gasteiger partial charge in [-0.1, -0.05) is 47.6 Å². The van der Waals surface area contributed by atoms with Crippen molar-refractivity contribution in [2.75, 3.05) is 11.1 Å². The van der Waals surface area contributed by atoms with E-state index >= 15 is 0 Å². The standard InChI is InChI=1S/C19H17N3O2S/c20-16-8-4-5-9-17(16)22-19(23)18-11-10-15(25-18)13-24-21-12-14-6-2-1-3-7-14/h1-12H,13,20H2,(H,22,23). The third-order valence-electron chi connectivity index (χ3n) is 3.38. The maximum absolute atomic E-state index is 12.3. The quantitative estimate of drug-likeness (QED) is 0.398. The Labute approximate surface area is 149 Å². The molecule has 0 atom stereocenters. The Hall–Kier alpha value is -3.12. The second-order valence-electron chi connectivity index (χ2n) is 5.23. The molecule has 0 bridgehead atoms. The van der Waals surface area contributed by atoms with Gasteiger partial charge in [-0.2, -0.15) is 0 Å². The van der Waals surface area contributed by atoms with Crippen molar-refractivity contribution in [1.82, 2.24) is 0 Å². The van der Waals surface area contributed by atoms with Crippen LogP contribution in [-0.2, 0) is 11.4 Å². The molecule has 126 valence electrons. The Balaban J connectivity index is 1.54. The molecule has 0 unspecified atom stereocenters. The number of hydrogen-bond acceptors (Lipinski definition) is 5. The van der Waals surface area contributed by atoms with Gasteiger partial charge in [0.15, 0.2) is 6.61 Å². The molecule has 2 aromatic carbocycles. The molecule has 3 N–H and O–H groups in total. The van der Waals surface area contributed by atoms with E-state index in [2.05, 4.69) is 10.5 Å². The van der Waals surface area contributed by atoms with Gasteiger partial charge in [-0.05, 0) is 29.8 Å². The molecule has 6 heteroatoms. The van der Waals surface area contributed by atoms with E-state index in [-0.39, 0.29) is 5.91 Å². The minimum absolute atomic E-state index is 0.193. The van der Waals surface area contributed by atoms with Gasteiger partial charge in [0.05, 0.1) is 22.5 Å². The topological polar surface area (TPSA) is 76.7 Å². The molecule has 0 saturated carbocycles. The fourth-order valence-corrected chi connectivity index (χ4v) is 2.92. The number of oxime groups is 1. The Morgan fingerprint density at radius 1 is 1.08 bits per heavy atom. The van der Waals surface area contributed by atoms with E-state index in [0.29, 0.717) is 22.9 Å². The summed E-state index contributed by atoms with van der Waals surface area (Å²) in [6.07, 6.45) is 1.65. The zero-order valence-electron chi connectivity index (χ0n) is 13.4. The van der Waals surface area contributed by atoms with Gasteiger partial charge in [0, 0.05) is 4.88 Å². The van der Waals surface area contributed by atoms with Crippen molar-refractivity contribution in [2.24, 2.45) is 5.16 Å². The van der Waals surface area contributed by atoms with E-state index in [1.165, 1.54) is 11.3 Å². The summed E-state index contributed by atoms with van der Waals surface area (Å²) in [4.78, 5) is 19.1. The van der Waals surface area contributed by atoms with Crippen molar-refractivity contribution in [3.8, 4) is 0 Å². The predicted molar refractivity (Wildman–Crippen MR) is 102 cm³/mol. The second kappa shape index (κ2) is 8.12. The van der Waals surface area contributed by atoms with Crippen LogP contribution in [-0.4, -0.2) is 12.1 Å². The number of carbonyl (C=O) groups excluding carboxylic acids is 1. The Bertz CT molecular complexity index is 875. The highest BCUT2D eigenvalue weighted by Gasteiger charge is 2.11. The number of amides is 1. The maximum Gasteiger partial charge on any atom is 0.265 e. The van der Waals surface area contributed by atoms with Gasteiger partial charge in [0.2, 0.25) is 0 Å². The lowest BCUT2D eigenvalue weighted by molar-refractivity contribution is 0.103. The molecule has 3 aromatic rings. The highest BCUT2D eigenvalue weighted by Crippen LogP contribution is 2.21. The molecule has 0 fully saturated rings. The summed E-state index contributed by atoms with van der Waals surface area (Å²) in [5, 5.41) is 6.74. The number of nitrogen functional groups attached to an aromatic ring is 1. The third kappa shape index (κ3) is 4.68. The van der Waals surface area contributed by atoms with Crippen LogP contribution in [0.3, 0.4) is 0 Å². The van der Waals surface area contributed by atoms with Crippen molar-refractivity contribution in [3.63, 3.8) is 0 Å². The Kier molecular flexibility index (Phi) is 5.43. The highest BCUT2D eigenvalue weighted by atomic mass is 32.1. The smallest absolute Gasteiger partial charge is 0.265 e. The van der Waals surface area contributed by atoms with Crippen LogP contribution in [0.1, 0.15) is 20.1 Å². The van der Waals surface area contributed by atoms with Crippen molar-refractivity contribution in [1.29, 1.82) is 0 Å². The van der Waals surface area contributed by atoms with E-state index in [1.807, 2.05) is 48.5 Å². The first-order valence-corrected chi connectivity index (χ1v) is 8.49. The minimum Gasteiger partial charge on any atom is -0.397 e. The van der Waals surface area contributed by atoms with Crippen LogP contribution in [0, 0.1) is 0 Å². The number of hydrogen-bond donors (Lipinski definition) is 2. The summed E-state index contributed by atoms with van der Waals surface area (Å²) >= 11 is 1.36. The van der Waals surface area contributed by atoms with Crippen LogP contribution in [0.15, 0.2) is 71.9 Å². The molecule has 0 radical (unpaired) electrons. The van der Waals surface area contributed by atoms with E-state index < -0.39 is 0 Å². The van der Waals surface area contributed by atoms with Crippen LogP contribution in [0.5, 0.6) is 0 Å². The maximum atomic E-state index is 12.3.